The minimum atomic E-state index is -0.890. The van der Waals surface area contributed by atoms with Crippen molar-refractivity contribution in [1.82, 2.24) is 0 Å². The van der Waals surface area contributed by atoms with E-state index in [1.807, 2.05) is 36.1 Å². The third-order valence-corrected chi connectivity index (χ3v) is 6.17. The quantitative estimate of drug-likeness (QED) is 0.451. The number of halogens is 1. The highest BCUT2D eigenvalue weighted by molar-refractivity contribution is 7.17. The van der Waals surface area contributed by atoms with Gasteiger partial charge in [0.1, 0.15) is 10.8 Å². The molecular weight excluding hydrogens is 396 g/mol. The molecule has 0 amide bonds. The average Bonchev–Trinajstić information content (AvgIpc) is 2.83. The van der Waals surface area contributed by atoms with Crippen LogP contribution >= 0.6 is 22.9 Å². The molecule has 0 saturated heterocycles. The first-order valence-corrected chi connectivity index (χ1v) is 9.95. The van der Waals surface area contributed by atoms with Crippen LogP contribution in [0.15, 0.2) is 39.5 Å². The van der Waals surface area contributed by atoms with Gasteiger partial charge in [-0.2, -0.15) is 5.10 Å². The number of hydrogen-bond donors (Lipinski definition) is 1. The normalized spacial score (nSPS) is 17.0. The van der Waals surface area contributed by atoms with E-state index in [9.17, 15) is 9.90 Å². The van der Waals surface area contributed by atoms with Crippen molar-refractivity contribution < 1.29 is 9.90 Å². The number of aliphatic imine (C=N–C) groups is 1. The lowest BCUT2D eigenvalue weighted by molar-refractivity contribution is -0.137. The molecule has 28 heavy (non-hydrogen) atoms. The molecule has 0 bridgehead atoms. The Morgan fingerprint density at radius 3 is 2.68 bits per heavy atom. The summed E-state index contributed by atoms with van der Waals surface area (Å²) in [6.07, 6.45) is -0.0740. The lowest BCUT2D eigenvalue weighted by Gasteiger charge is -2.23. The summed E-state index contributed by atoms with van der Waals surface area (Å²) in [7, 11) is 0. The van der Waals surface area contributed by atoms with Crippen LogP contribution < -0.4 is 4.90 Å². The summed E-state index contributed by atoms with van der Waals surface area (Å²) >= 11 is 7.70. The molecule has 146 valence electrons. The van der Waals surface area contributed by atoms with Gasteiger partial charge in [0.15, 0.2) is 0 Å². The van der Waals surface area contributed by atoms with Gasteiger partial charge in [-0.3, -0.25) is 9.79 Å². The number of nitrogens with zero attached hydrogens (tertiary/aromatic N) is 4. The third kappa shape index (κ3) is 4.00. The predicted octanol–water partition coefficient (Wildman–Crippen LogP) is 4.55. The number of carbonyl (C=O) groups is 1. The Balaban J connectivity index is 2.25. The molecular formula is C20H21ClN4O2S. The van der Waals surface area contributed by atoms with Gasteiger partial charge in [0.2, 0.25) is 0 Å². The van der Waals surface area contributed by atoms with Crippen molar-refractivity contribution in [3.05, 3.63) is 50.9 Å². The van der Waals surface area contributed by atoms with Crippen molar-refractivity contribution in [3.8, 4) is 0 Å². The molecule has 1 aliphatic rings. The molecule has 2 aromatic rings. The van der Waals surface area contributed by atoms with Crippen LogP contribution in [-0.4, -0.2) is 41.9 Å². The zero-order valence-electron chi connectivity index (χ0n) is 15.9. The number of carboxylic acids is 1. The summed E-state index contributed by atoms with van der Waals surface area (Å²) in [5, 5.41) is 18.8. The van der Waals surface area contributed by atoms with Gasteiger partial charge in [-0.1, -0.05) is 23.7 Å². The Hall–Kier alpha value is -2.51. The molecule has 0 radical (unpaired) electrons. The summed E-state index contributed by atoms with van der Waals surface area (Å²) in [5.74, 6) is -0.237. The maximum absolute atomic E-state index is 11.4. The molecule has 1 aromatic heterocycles. The van der Waals surface area contributed by atoms with Gasteiger partial charge in [-0.25, -0.2) is 0 Å². The zero-order chi connectivity index (χ0) is 20.4. The smallest absolute Gasteiger partial charge is 0.305 e. The number of aryl methyl sites for hydroxylation is 1. The summed E-state index contributed by atoms with van der Waals surface area (Å²) in [4.78, 5) is 19.5. The molecule has 0 unspecified atom stereocenters. The van der Waals surface area contributed by atoms with E-state index in [2.05, 4.69) is 30.8 Å². The molecule has 3 rings (SSSR count). The van der Waals surface area contributed by atoms with Crippen LogP contribution in [0.3, 0.4) is 0 Å². The maximum Gasteiger partial charge on any atom is 0.305 e. The standard InChI is InChI=1S/C20H21ClN4O2S/c1-11-12(2)28-20-18(11)19(14-5-7-15(21)8-6-14)23-16(9-17(26)27)10-25(20)13(3)24-22-4/h5-8,16H,4,9-10H2,1-3H3,(H,26,27)/b24-13-/t16-/m0/s1. The molecule has 0 fully saturated rings. The molecule has 6 nitrogen and oxygen atoms in total. The van der Waals surface area contributed by atoms with E-state index >= 15 is 0 Å². The average molecular weight is 417 g/mol. The van der Waals surface area contributed by atoms with Crippen LogP contribution in [-0.2, 0) is 4.79 Å². The molecule has 1 N–H and O–H groups in total. The van der Waals surface area contributed by atoms with Crippen LogP contribution in [0.2, 0.25) is 5.02 Å². The van der Waals surface area contributed by atoms with Crippen molar-refractivity contribution in [3.63, 3.8) is 0 Å². The molecule has 8 heteroatoms. The molecule has 0 spiro atoms. The van der Waals surface area contributed by atoms with Crippen molar-refractivity contribution in [2.45, 2.75) is 33.2 Å². The molecule has 0 aliphatic carbocycles. The van der Waals surface area contributed by atoms with E-state index < -0.39 is 12.0 Å². The Morgan fingerprint density at radius 1 is 1.39 bits per heavy atom. The van der Waals surface area contributed by atoms with Crippen LogP contribution in [0.4, 0.5) is 5.00 Å². The number of anilines is 1. The van der Waals surface area contributed by atoms with Gasteiger partial charge in [0, 0.05) is 34.3 Å². The molecule has 1 atom stereocenters. The van der Waals surface area contributed by atoms with Crippen molar-refractivity contribution in [1.29, 1.82) is 0 Å². The van der Waals surface area contributed by atoms with E-state index in [1.54, 1.807) is 11.3 Å². The molecule has 1 aromatic carbocycles. The lowest BCUT2D eigenvalue weighted by atomic mass is 9.99. The highest BCUT2D eigenvalue weighted by Gasteiger charge is 2.31. The van der Waals surface area contributed by atoms with Crippen molar-refractivity contribution >= 4 is 52.2 Å². The van der Waals surface area contributed by atoms with Gasteiger partial charge in [-0.15, -0.1) is 16.4 Å². The summed E-state index contributed by atoms with van der Waals surface area (Å²) in [6, 6.07) is 7.03. The van der Waals surface area contributed by atoms with Gasteiger partial charge >= 0.3 is 5.97 Å². The predicted molar refractivity (Wildman–Crippen MR) is 117 cm³/mol. The van der Waals surface area contributed by atoms with Gasteiger partial charge in [0.05, 0.1) is 18.2 Å². The van der Waals surface area contributed by atoms with Crippen LogP contribution in [0.5, 0.6) is 0 Å². The molecule has 0 saturated carbocycles. The maximum atomic E-state index is 11.4. The topological polar surface area (TPSA) is 77.6 Å². The zero-order valence-corrected chi connectivity index (χ0v) is 17.5. The van der Waals surface area contributed by atoms with E-state index in [-0.39, 0.29) is 6.42 Å². The fraction of sp³-hybridized carbons (Fsp3) is 0.300. The Morgan fingerprint density at radius 2 is 2.07 bits per heavy atom. The van der Waals surface area contributed by atoms with Gasteiger partial charge in [-0.05, 0) is 38.5 Å². The van der Waals surface area contributed by atoms with Crippen LogP contribution in [0.1, 0.15) is 34.9 Å². The van der Waals surface area contributed by atoms with Crippen LogP contribution in [0, 0.1) is 13.8 Å². The first-order chi connectivity index (χ1) is 13.3. The number of hydrogen-bond acceptors (Lipinski definition) is 5. The number of aliphatic carboxylic acids is 1. The summed E-state index contributed by atoms with van der Waals surface area (Å²) in [6.45, 7) is 9.81. The van der Waals surface area contributed by atoms with E-state index in [0.717, 1.165) is 27.4 Å². The third-order valence-electron chi connectivity index (χ3n) is 4.69. The van der Waals surface area contributed by atoms with E-state index in [1.165, 1.54) is 4.88 Å². The number of benzene rings is 1. The van der Waals surface area contributed by atoms with Crippen molar-refractivity contribution in [2.24, 2.45) is 15.2 Å². The Bertz CT molecular complexity index is 979. The van der Waals surface area contributed by atoms with Gasteiger partial charge < -0.3 is 10.0 Å². The lowest BCUT2D eigenvalue weighted by Crippen LogP contribution is -2.35. The summed E-state index contributed by atoms with van der Waals surface area (Å²) in [5.41, 5.74) is 3.80. The highest BCUT2D eigenvalue weighted by Crippen LogP contribution is 2.39. The minimum Gasteiger partial charge on any atom is -0.481 e. The minimum absolute atomic E-state index is 0.0740. The Kier molecular flexibility index (Phi) is 5.96. The number of carboxylic acid groups (broad SMARTS) is 1. The van der Waals surface area contributed by atoms with E-state index in [4.69, 9.17) is 16.6 Å². The summed E-state index contributed by atoms with van der Waals surface area (Å²) < 4.78 is 0. The van der Waals surface area contributed by atoms with E-state index in [0.29, 0.717) is 17.4 Å². The number of thiophene rings is 1. The van der Waals surface area contributed by atoms with Gasteiger partial charge in [0.25, 0.3) is 0 Å². The molecule has 1 aliphatic heterocycles. The second-order valence-corrected chi connectivity index (χ2v) is 8.24. The first kappa shape index (κ1) is 20.2. The fourth-order valence-electron chi connectivity index (χ4n) is 3.23. The molecule has 2 heterocycles. The highest BCUT2D eigenvalue weighted by atomic mass is 35.5. The van der Waals surface area contributed by atoms with Crippen molar-refractivity contribution in [2.75, 3.05) is 11.4 Å². The largest absolute Gasteiger partial charge is 0.481 e. The van der Waals surface area contributed by atoms with Crippen LogP contribution in [0.25, 0.3) is 0 Å². The number of fused-ring (bicyclic) bond motifs is 1. The second kappa shape index (κ2) is 8.24. The first-order valence-electron chi connectivity index (χ1n) is 8.75. The fourth-order valence-corrected chi connectivity index (χ4v) is 4.57. The number of rotatable bonds is 4. The number of amidine groups is 1. The SMILES string of the molecule is C=N/N=C(/C)N1C[C@H](CC(=O)O)N=C(c2ccc(Cl)cc2)c2c1sc(C)c2C. The Labute approximate surface area is 172 Å². The second-order valence-electron chi connectivity index (χ2n) is 6.60. The monoisotopic (exact) mass is 416 g/mol.